The van der Waals surface area contributed by atoms with Gasteiger partial charge in [-0.15, -0.1) is 0 Å². The number of carbonyl (C=O) groups is 2. The Labute approximate surface area is 177 Å². The summed E-state index contributed by atoms with van der Waals surface area (Å²) in [6.07, 6.45) is 5.57. The molecule has 0 radical (unpaired) electrons. The van der Waals surface area contributed by atoms with Gasteiger partial charge in [-0.2, -0.15) is 0 Å². The van der Waals surface area contributed by atoms with Gasteiger partial charge in [-0.3, -0.25) is 14.6 Å². The van der Waals surface area contributed by atoms with E-state index < -0.39 is 0 Å². The molecule has 0 bridgehead atoms. The van der Waals surface area contributed by atoms with Gasteiger partial charge >= 0.3 is 0 Å². The minimum absolute atomic E-state index is 0.0346. The summed E-state index contributed by atoms with van der Waals surface area (Å²) in [5, 5.41) is 0. The number of rotatable bonds is 5. The summed E-state index contributed by atoms with van der Waals surface area (Å²) in [7, 11) is 0. The van der Waals surface area contributed by atoms with Crippen LogP contribution in [-0.2, 0) is 20.7 Å². The zero-order chi connectivity index (χ0) is 20.9. The molecule has 0 N–H and O–H groups in total. The number of aromatic nitrogens is 1. The van der Waals surface area contributed by atoms with E-state index in [0.717, 1.165) is 29.5 Å². The van der Waals surface area contributed by atoms with E-state index in [1.165, 1.54) is 0 Å². The number of hydrogen-bond donors (Lipinski definition) is 0. The first-order valence-electron chi connectivity index (χ1n) is 10.8. The zero-order valence-corrected chi connectivity index (χ0v) is 17.5. The van der Waals surface area contributed by atoms with Crippen LogP contribution in [0.2, 0.25) is 0 Å². The van der Waals surface area contributed by atoms with Crippen molar-refractivity contribution < 1.29 is 14.3 Å². The molecule has 2 aromatic rings. The Morgan fingerprint density at radius 3 is 2.80 bits per heavy atom. The van der Waals surface area contributed by atoms with Crippen molar-refractivity contribution in [2.45, 2.75) is 32.3 Å². The molecular weight excluding hydrogens is 378 g/mol. The maximum atomic E-state index is 13.2. The molecule has 2 atom stereocenters. The molecule has 2 saturated heterocycles. The molecule has 1 aromatic heterocycles. The molecule has 30 heavy (non-hydrogen) atoms. The summed E-state index contributed by atoms with van der Waals surface area (Å²) in [5.74, 6) is -0.0822. The smallest absolute Gasteiger partial charge is 0.251 e. The number of likely N-dealkylation sites (N-methyl/N-ethyl adjacent to an activating group) is 1. The molecule has 3 heterocycles. The molecule has 6 heteroatoms. The summed E-state index contributed by atoms with van der Waals surface area (Å²) in [6, 6.07) is 12.2. The Hall–Kier alpha value is -2.73. The van der Waals surface area contributed by atoms with Gasteiger partial charge in [0.25, 0.3) is 5.91 Å². The number of hydrogen-bond acceptors (Lipinski definition) is 4. The van der Waals surface area contributed by atoms with Crippen LogP contribution in [-0.4, -0.2) is 65.5 Å². The van der Waals surface area contributed by atoms with E-state index in [2.05, 4.69) is 23.2 Å². The highest BCUT2D eigenvalue weighted by molar-refractivity contribution is 5.84. The van der Waals surface area contributed by atoms with Crippen LogP contribution in [0, 0.1) is 5.92 Å². The summed E-state index contributed by atoms with van der Waals surface area (Å²) >= 11 is 0. The van der Waals surface area contributed by atoms with Crippen molar-refractivity contribution in [3.05, 3.63) is 54.4 Å². The summed E-state index contributed by atoms with van der Waals surface area (Å²) in [4.78, 5) is 34.1. The molecule has 2 aliphatic rings. The van der Waals surface area contributed by atoms with Gasteiger partial charge < -0.3 is 14.5 Å². The van der Waals surface area contributed by atoms with Crippen LogP contribution in [0.15, 0.2) is 48.8 Å². The number of carbonyl (C=O) groups excluding carboxylic acids is 2. The van der Waals surface area contributed by atoms with Gasteiger partial charge in [0.05, 0.1) is 5.92 Å². The zero-order valence-electron chi connectivity index (χ0n) is 17.5. The second-order valence-corrected chi connectivity index (χ2v) is 8.05. The largest absolute Gasteiger partial charge is 0.368 e. The van der Waals surface area contributed by atoms with Crippen molar-refractivity contribution in [3.63, 3.8) is 0 Å². The van der Waals surface area contributed by atoms with Gasteiger partial charge in [0.2, 0.25) is 5.91 Å². The number of ether oxygens (including phenoxy) is 1. The van der Waals surface area contributed by atoms with Gasteiger partial charge in [0.1, 0.15) is 6.10 Å². The molecule has 0 aliphatic carbocycles. The monoisotopic (exact) mass is 407 g/mol. The van der Waals surface area contributed by atoms with E-state index in [1.54, 1.807) is 6.20 Å². The topological polar surface area (TPSA) is 62.7 Å². The molecule has 4 rings (SSSR count). The van der Waals surface area contributed by atoms with Crippen LogP contribution in [0.1, 0.15) is 25.3 Å². The predicted octanol–water partition coefficient (Wildman–Crippen LogP) is 2.78. The van der Waals surface area contributed by atoms with Crippen LogP contribution >= 0.6 is 0 Å². The van der Waals surface area contributed by atoms with E-state index in [-0.39, 0.29) is 23.8 Å². The predicted molar refractivity (Wildman–Crippen MR) is 115 cm³/mol. The van der Waals surface area contributed by atoms with E-state index >= 15 is 0 Å². The average molecular weight is 408 g/mol. The van der Waals surface area contributed by atoms with Crippen LogP contribution < -0.4 is 0 Å². The number of pyridine rings is 1. The van der Waals surface area contributed by atoms with Gasteiger partial charge in [-0.05, 0) is 48.9 Å². The Morgan fingerprint density at radius 1 is 1.20 bits per heavy atom. The van der Waals surface area contributed by atoms with Crippen molar-refractivity contribution in [2.24, 2.45) is 5.92 Å². The lowest BCUT2D eigenvalue weighted by Crippen LogP contribution is -2.42. The number of nitrogens with zero attached hydrogens (tertiary/aromatic N) is 3. The SMILES string of the molecule is CCN1CCN(C(=O)[C@H]2CCCO2)C[C@H](Cc2cccc(-c3cccnc3)c2)C1=O. The quantitative estimate of drug-likeness (QED) is 0.765. The molecule has 0 unspecified atom stereocenters. The van der Waals surface area contributed by atoms with Crippen molar-refractivity contribution in [2.75, 3.05) is 32.8 Å². The van der Waals surface area contributed by atoms with Crippen LogP contribution in [0.25, 0.3) is 11.1 Å². The normalized spacial score (nSPS) is 22.2. The molecule has 2 fully saturated rings. The fourth-order valence-electron chi connectivity index (χ4n) is 4.38. The maximum absolute atomic E-state index is 13.2. The third-order valence-electron chi connectivity index (χ3n) is 6.04. The first-order chi connectivity index (χ1) is 14.7. The summed E-state index contributed by atoms with van der Waals surface area (Å²) in [6.45, 7) is 4.91. The lowest BCUT2D eigenvalue weighted by atomic mass is 9.95. The standard InChI is InChI=1S/C24H29N3O3/c1-2-26-11-12-27(24(29)22-9-5-13-30-22)17-21(23(26)28)15-18-6-3-7-19(14-18)20-8-4-10-25-16-20/h3-4,6-8,10,14,16,21-22H,2,5,9,11-13,15,17H2,1H3/t21-,22+/m0/s1. The minimum Gasteiger partial charge on any atom is -0.368 e. The van der Waals surface area contributed by atoms with E-state index in [9.17, 15) is 9.59 Å². The molecular formula is C24H29N3O3. The second-order valence-electron chi connectivity index (χ2n) is 8.05. The Kier molecular flexibility index (Phi) is 6.43. The van der Waals surface area contributed by atoms with Crippen LogP contribution in [0.3, 0.4) is 0 Å². The van der Waals surface area contributed by atoms with Gasteiger partial charge in [0, 0.05) is 45.2 Å². The van der Waals surface area contributed by atoms with Crippen molar-refractivity contribution in [3.8, 4) is 11.1 Å². The van der Waals surface area contributed by atoms with Crippen molar-refractivity contribution >= 4 is 11.8 Å². The Morgan fingerprint density at radius 2 is 2.07 bits per heavy atom. The molecule has 0 spiro atoms. The second kappa shape index (κ2) is 9.39. The van der Waals surface area contributed by atoms with E-state index in [4.69, 9.17) is 4.74 Å². The minimum atomic E-state index is -0.345. The first kappa shape index (κ1) is 20.5. The summed E-state index contributed by atoms with van der Waals surface area (Å²) in [5.41, 5.74) is 3.23. The number of benzene rings is 1. The first-order valence-corrected chi connectivity index (χ1v) is 10.8. The van der Waals surface area contributed by atoms with Crippen molar-refractivity contribution in [1.82, 2.24) is 14.8 Å². The molecule has 158 valence electrons. The summed E-state index contributed by atoms with van der Waals surface area (Å²) < 4.78 is 5.61. The highest BCUT2D eigenvalue weighted by Crippen LogP contribution is 2.24. The average Bonchev–Trinajstić information content (AvgIpc) is 3.28. The van der Waals surface area contributed by atoms with E-state index in [1.807, 2.05) is 41.1 Å². The molecule has 2 aliphatic heterocycles. The van der Waals surface area contributed by atoms with Crippen LogP contribution in [0.4, 0.5) is 0 Å². The van der Waals surface area contributed by atoms with Crippen LogP contribution in [0.5, 0.6) is 0 Å². The van der Waals surface area contributed by atoms with Crippen molar-refractivity contribution in [1.29, 1.82) is 0 Å². The van der Waals surface area contributed by atoms with E-state index in [0.29, 0.717) is 39.2 Å². The fraction of sp³-hybridized carbons (Fsp3) is 0.458. The maximum Gasteiger partial charge on any atom is 0.251 e. The Balaban J connectivity index is 1.54. The Bertz CT molecular complexity index is 880. The lowest BCUT2D eigenvalue weighted by molar-refractivity contribution is -0.141. The third-order valence-corrected chi connectivity index (χ3v) is 6.04. The number of amides is 2. The molecule has 1 aromatic carbocycles. The highest BCUT2D eigenvalue weighted by Gasteiger charge is 2.35. The molecule has 6 nitrogen and oxygen atoms in total. The van der Waals surface area contributed by atoms with Gasteiger partial charge in [-0.1, -0.05) is 30.3 Å². The molecule has 2 amide bonds. The van der Waals surface area contributed by atoms with Gasteiger partial charge in [-0.25, -0.2) is 0 Å². The lowest BCUT2D eigenvalue weighted by Gasteiger charge is -2.25. The highest BCUT2D eigenvalue weighted by atomic mass is 16.5. The molecule has 0 saturated carbocycles. The van der Waals surface area contributed by atoms with Gasteiger partial charge in [0.15, 0.2) is 0 Å². The third kappa shape index (κ3) is 4.54. The fourth-order valence-corrected chi connectivity index (χ4v) is 4.38.